The van der Waals surface area contributed by atoms with Gasteiger partial charge in [0.2, 0.25) is 0 Å². The van der Waals surface area contributed by atoms with Crippen molar-refractivity contribution in [2.45, 2.75) is 32.9 Å². The van der Waals surface area contributed by atoms with E-state index in [4.69, 9.17) is 4.42 Å². The molecule has 0 fully saturated rings. The first-order valence-electron chi connectivity index (χ1n) is 7.38. The van der Waals surface area contributed by atoms with Crippen molar-refractivity contribution in [1.82, 2.24) is 5.32 Å². The number of halogens is 1. The van der Waals surface area contributed by atoms with Crippen LogP contribution in [-0.2, 0) is 6.54 Å². The quantitative estimate of drug-likeness (QED) is 0.781. The lowest BCUT2D eigenvalue weighted by Crippen LogP contribution is -2.20. The summed E-state index contributed by atoms with van der Waals surface area (Å²) in [6.45, 7) is 6.18. The van der Waals surface area contributed by atoms with Crippen LogP contribution < -0.4 is 10.2 Å². The number of hydrogen-bond acceptors (Lipinski definition) is 3. The Kier molecular flexibility index (Phi) is 5.88. The minimum Gasteiger partial charge on any atom is -0.467 e. The first kappa shape index (κ1) is 16.1. The fraction of sp³-hybridized carbons (Fsp3) is 0.412. The summed E-state index contributed by atoms with van der Waals surface area (Å²) < 4.78 is 6.54. The van der Waals surface area contributed by atoms with Crippen molar-refractivity contribution in [2.24, 2.45) is 0 Å². The van der Waals surface area contributed by atoms with Gasteiger partial charge in [0.05, 0.1) is 12.8 Å². The Balaban J connectivity index is 2.07. The smallest absolute Gasteiger partial charge is 0.123 e. The van der Waals surface area contributed by atoms with Crippen molar-refractivity contribution >= 4 is 21.6 Å². The van der Waals surface area contributed by atoms with E-state index in [1.807, 2.05) is 12.1 Å². The molecule has 0 bridgehead atoms. The number of rotatable bonds is 7. The van der Waals surface area contributed by atoms with Gasteiger partial charge in [-0.3, -0.25) is 0 Å². The maximum atomic E-state index is 5.40. The van der Waals surface area contributed by atoms with Crippen LogP contribution in [0, 0.1) is 0 Å². The van der Waals surface area contributed by atoms with Gasteiger partial charge in [-0.2, -0.15) is 0 Å². The maximum Gasteiger partial charge on any atom is 0.123 e. The average Bonchev–Trinajstić information content (AvgIpc) is 2.97. The van der Waals surface area contributed by atoms with Crippen LogP contribution in [0.15, 0.2) is 45.5 Å². The minimum atomic E-state index is 0.351. The third-order valence-electron chi connectivity index (χ3n) is 3.56. The maximum absolute atomic E-state index is 5.40. The molecule has 114 valence electrons. The highest BCUT2D eigenvalue weighted by atomic mass is 79.9. The van der Waals surface area contributed by atoms with Gasteiger partial charge in [0.1, 0.15) is 5.76 Å². The number of nitrogens with zero attached hydrogens (tertiary/aromatic N) is 1. The van der Waals surface area contributed by atoms with E-state index in [0.717, 1.165) is 29.7 Å². The molecule has 0 radical (unpaired) electrons. The van der Waals surface area contributed by atoms with Crippen molar-refractivity contribution in [2.75, 3.05) is 18.5 Å². The number of hydrogen-bond donors (Lipinski definition) is 1. The largest absolute Gasteiger partial charge is 0.467 e. The highest BCUT2D eigenvalue weighted by Crippen LogP contribution is 2.28. The van der Waals surface area contributed by atoms with Crippen LogP contribution in [-0.4, -0.2) is 13.6 Å². The van der Waals surface area contributed by atoms with E-state index >= 15 is 0 Å². The molecule has 2 aromatic rings. The molecule has 0 aliphatic heterocycles. The number of anilines is 1. The van der Waals surface area contributed by atoms with E-state index in [1.165, 1.54) is 11.3 Å². The van der Waals surface area contributed by atoms with Crippen molar-refractivity contribution < 1.29 is 4.42 Å². The van der Waals surface area contributed by atoms with Gasteiger partial charge in [-0.15, -0.1) is 0 Å². The molecule has 21 heavy (non-hydrogen) atoms. The Morgan fingerprint density at radius 3 is 2.76 bits per heavy atom. The fourth-order valence-electron chi connectivity index (χ4n) is 2.30. The van der Waals surface area contributed by atoms with E-state index in [9.17, 15) is 0 Å². The summed E-state index contributed by atoms with van der Waals surface area (Å²) in [6, 6.07) is 10.8. The molecule has 3 nitrogen and oxygen atoms in total. The Bertz CT molecular complexity index is 554. The molecule has 1 N–H and O–H groups in total. The molecule has 0 amide bonds. The first-order chi connectivity index (χ1) is 10.1. The predicted molar refractivity (Wildman–Crippen MR) is 91.7 cm³/mol. The van der Waals surface area contributed by atoms with Crippen molar-refractivity contribution in [3.63, 3.8) is 0 Å². The van der Waals surface area contributed by atoms with Gasteiger partial charge in [0, 0.05) is 23.2 Å². The summed E-state index contributed by atoms with van der Waals surface area (Å²) in [5, 5.41) is 3.52. The van der Waals surface area contributed by atoms with E-state index in [0.29, 0.717) is 6.04 Å². The van der Waals surface area contributed by atoms with Gasteiger partial charge < -0.3 is 14.6 Å². The zero-order chi connectivity index (χ0) is 15.2. The van der Waals surface area contributed by atoms with Gasteiger partial charge in [0.25, 0.3) is 0 Å². The number of nitrogens with one attached hydrogen (secondary N) is 1. The zero-order valence-electron chi connectivity index (χ0n) is 12.9. The summed E-state index contributed by atoms with van der Waals surface area (Å²) in [5.74, 6) is 0.968. The lowest BCUT2D eigenvalue weighted by molar-refractivity contribution is 0.507. The van der Waals surface area contributed by atoms with Gasteiger partial charge >= 0.3 is 0 Å². The Morgan fingerprint density at radius 1 is 1.33 bits per heavy atom. The summed E-state index contributed by atoms with van der Waals surface area (Å²) >= 11 is 3.70. The lowest BCUT2D eigenvalue weighted by Gasteiger charge is -2.21. The Hall–Kier alpha value is -1.26. The van der Waals surface area contributed by atoms with E-state index in [2.05, 4.69) is 65.2 Å². The van der Waals surface area contributed by atoms with Crippen LogP contribution in [0.2, 0.25) is 0 Å². The van der Waals surface area contributed by atoms with E-state index in [-0.39, 0.29) is 0 Å². The molecule has 0 spiro atoms. The summed E-state index contributed by atoms with van der Waals surface area (Å²) in [4.78, 5) is 2.18. The van der Waals surface area contributed by atoms with E-state index < -0.39 is 0 Å². The second-order valence-corrected chi connectivity index (χ2v) is 6.17. The SMILES string of the molecule is CCCNC(C)c1ccc(N(C)Cc2ccco2)cc1Br. The van der Waals surface area contributed by atoms with Gasteiger partial charge in [-0.1, -0.05) is 28.9 Å². The highest BCUT2D eigenvalue weighted by molar-refractivity contribution is 9.10. The van der Waals surface area contributed by atoms with Crippen LogP contribution in [0.25, 0.3) is 0 Å². The average molecular weight is 351 g/mol. The Labute approximate surface area is 135 Å². The van der Waals surface area contributed by atoms with Gasteiger partial charge in [0.15, 0.2) is 0 Å². The van der Waals surface area contributed by atoms with Crippen molar-refractivity contribution in [3.05, 3.63) is 52.4 Å². The van der Waals surface area contributed by atoms with Gasteiger partial charge in [-0.05, 0) is 49.7 Å². The highest BCUT2D eigenvalue weighted by Gasteiger charge is 2.11. The van der Waals surface area contributed by atoms with E-state index in [1.54, 1.807) is 6.26 Å². The molecule has 2 rings (SSSR count). The molecule has 1 aromatic carbocycles. The normalized spacial score (nSPS) is 12.4. The number of benzene rings is 1. The topological polar surface area (TPSA) is 28.4 Å². The molecule has 1 aromatic heterocycles. The molecule has 0 saturated heterocycles. The second-order valence-electron chi connectivity index (χ2n) is 5.32. The van der Waals surface area contributed by atoms with Crippen LogP contribution in [0.1, 0.15) is 37.6 Å². The van der Waals surface area contributed by atoms with Gasteiger partial charge in [-0.25, -0.2) is 0 Å². The number of furan rings is 1. The molecule has 0 aliphatic rings. The molecule has 0 aliphatic carbocycles. The standard InChI is InChI=1S/C17H23BrN2O/c1-4-9-19-13(2)16-8-7-14(11-17(16)18)20(3)12-15-6-5-10-21-15/h5-8,10-11,13,19H,4,9,12H2,1-3H3. The zero-order valence-corrected chi connectivity index (χ0v) is 14.5. The molecule has 1 heterocycles. The van der Waals surface area contributed by atoms with Crippen LogP contribution in [0.4, 0.5) is 5.69 Å². The second kappa shape index (κ2) is 7.66. The van der Waals surface area contributed by atoms with Crippen LogP contribution >= 0.6 is 15.9 Å². The predicted octanol–water partition coefficient (Wildman–Crippen LogP) is 4.74. The minimum absolute atomic E-state index is 0.351. The monoisotopic (exact) mass is 350 g/mol. The van der Waals surface area contributed by atoms with Crippen LogP contribution in [0.3, 0.4) is 0 Å². The Morgan fingerprint density at radius 2 is 2.14 bits per heavy atom. The van der Waals surface area contributed by atoms with Crippen molar-refractivity contribution in [1.29, 1.82) is 0 Å². The molecular weight excluding hydrogens is 328 g/mol. The third-order valence-corrected chi connectivity index (χ3v) is 4.25. The third kappa shape index (κ3) is 4.35. The molecule has 0 saturated carbocycles. The fourth-order valence-corrected chi connectivity index (χ4v) is 3.01. The summed E-state index contributed by atoms with van der Waals surface area (Å²) in [6.07, 6.45) is 2.86. The molecule has 1 atom stereocenters. The summed E-state index contributed by atoms with van der Waals surface area (Å²) in [7, 11) is 2.07. The lowest BCUT2D eigenvalue weighted by atomic mass is 10.1. The first-order valence-corrected chi connectivity index (χ1v) is 8.17. The molecular formula is C17H23BrN2O. The molecule has 4 heteroatoms. The molecule has 1 unspecified atom stereocenters. The van der Waals surface area contributed by atoms with Crippen LogP contribution in [0.5, 0.6) is 0 Å². The summed E-state index contributed by atoms with van der Waals surface area (Å²) in [5.41, 5.74) is 2.46. The van der Waals surface area contributed by atoms with Crippen molar-refractivity contribution in [3.8, 4) is 0 Å².